The minimum absolute atomic E-state index is 0.462. The number of nitrogens with two attached hydrogens (primary N) is 1. The zero-order valence-corrected chi connectivity index (χ0v) is 10.3. The Labute approximate surface area is 92.2 Å². The summed E-state index contributed by atoms with van der Waals surface area (Å²) in [5, 5.41) is 0. The molecule has 0 amide bonds. The van der Waals surface area contributed by atoms with Crippen molar-refractivity contribution in [3.8, 4) is 0 Å². The zero-order valence-electron chi connectivity index (χ0n) is 9.49. The first-order valence-corrected chi connectivity index (χ1v) is 6.80. The third-order valence-corrected chi connectivity index (χ3v) is 4.44. The molecule has 1 fully saturated rings. The normalized spacial score (nSPS) is 19.7. The summed E-state index contributed by atoms with van der Waals surface area (Å²) in [7, 11) is -3.31. The second-order valence-electron chi connectivity index (χ2n) is 4.64. The maximum absolute atomic E-state index is 11.9. The molecule has 1 aliphatic heterocycles. The van der Waals surface area contributed by atoms with Gasteiger partial charge in [-0.2, -0.15) is 17.4 Å². The molecule has 0 aromatic rings. The average molecular weight is 235 g/mol. The lowest BCUT2D eigenvalue weighted by Crippen LogP contribution is -2.50. The Bertz CT molecular complexity index is 294. The van der Waals surface area contributed by atoms with Crippen LogP contribution in [0.25, 0.3) is 0 Å². The molecule has 5 nitrogen and oxygen atoms in total. The van der Waals surface area contributed by atoms with Crippen LogP contribution in [0.15, 0.2) is 0 Å². The van der Waals surface area contributed by atoms with Gasteiger partial charge in [-0.05, 0) is 39.7 Å². The highest BCUT2D eigenvalue weighted by Crippen LogP contribution is 2.15. The van der Waals surface area contributed by atoms with Gasteiger partial charge in [-0.15, -0.1) is 0 Å². The smallest absolute Gasteiger partial charge is 0.279 e. The first-order valence-electron chi connectivity index (χ1n) is 5.36. The molecule has 3 N–H and O–H groups in total. The molecule has 90 valence electrons. The summed E-state index contributed by atoms with van der Waals surface area (Å²) in [6.45, 7) is 5.46. The first kappa shape index (κ1) is 12.9. The molecule has 0 aromatic heterocycles. The van der Waals surface area contributed by atoms with E-state index < -0.39 is 15.7 Å². The molecular formula is C9H21N3O2S. The zero-order chi connectivity index (χ0) is 11.5. The SMILES string of the molecule is CC(C)(CCN)NS(=O)(=O)N1CCCC1. The average Bonchev–Trinajstić information content (AvgIpc) is 2.52. The lowest BCUT2D eigenvalue weighted by atomic mass is 10.0. The van der Waals surface area contributed by atoms with Gasteiger partial charge in [0.05, 0.1) is 0 Å². The molecule has 0 aromatic carbocycles. The molecule has 0 unspecified atom stereocenters. The van der Waals surface area contributed by atoms with E-state index in [1.165, 1.54) is 4.31 Å². The van der Waals surface area contributed by atoms with Gasteiger partial charge in [-0.3, -0.25) is 0 Å². The van der Waals surface area contributed by atoms with Crippen LogP contribution < -0.4 is 10.5 Å². The summed E-state index contributed by atoms with van der Waals surface area (Å²) in [5.41, 5.74) is 4.98. The van der Waals surface area contributed by atoms with E-state index in [1.54, 1.807) is 0 Å². The van der Waals surface area contributed by atoms with Gasteiger partial charge in [0.1, 0.15) is 0 Å². The van der Waals surface area contributed by atoms with Crippen molar-refractivity contribution in [2.24, 2.45) is 5.73 Å². The molecule has 1 saturated heterocycles. The minimum atomic E-state index is -3.31. The lowest BCUT2D eigenvalue weighted by molar-refractivity contribution is 0.395. The Morgan fingerprint density at radius 1 is 1.33 bits per heavy atom. The second kappa shape index (κ2) is 4.78. The van der Waals surface area contributed by atoms with Crippen LogP contribution in [0, 0.1) is 0 Å². The monoisotopic (exact) mass is 235 g/mol. The van der Waals surface area contributed by atoms with Crippen molar-refractivity contribution >= 4 is 10.2 Å². The molecule has 0 aliphatic carbocycles. The van der Waals surface area contributed by atoms with Crippen LogP contribution in [0.5, 0.6) is 0 Å². The molecule has 0 atom stereocenters. The Morgan fingerprint density at radius 2 is 1.87 bits per heavy atom. The number of rotatable bonds is 5. The number of nitrogens with zero attached hydrogens (tertiary/aromatic N) is 1. The summed E-state index contributed by atoms with van der Waals surface area (Å²) >= 11 is 0. The Morgan fingerprint density at radius 3 is 2.33 bits per heavy atom. The molecule has 1 aliphatic rings. The number of hydrogen-bond acceptors (Lipinski definition) is 3. The summed E-state index contributed by atoms with van der Waals surface area (Å²) in [4.78, 5) is 0. The van der Waals surface area contributed by atoms with Gasteiger partial charge in [-0.25, -0.2) is 0 Å². The largest absolute Gasteiger partial charge is 0.330 e. The lowest BCUT2D eigenvalue weighted by Gasteiger charge is -2.28. The quantitative estimate of drug-likeness (QED) is 0.706. The highest BCUT2D eigenvalue weighted by atomic mass is 32.2. The third kappa shape index (κ3) is 3.71. The van der Waals surface area contributed by atoms with E-state index in [0.717, 1.165) is 12.8 Å². The Kier molecular flexibility index (Phi) is 4.11. The fourth-order valence-corrected chi connectivity index (χ4v) is 3.42. The van der Waals surface area contributed by atoms with E-state index >= 15 is 0 Å². The summed E-state index contributed by atoms with van der Waals surface area (Å²) in [6.07, 6.45) is 2.55. The summed E-state index contributed by atoms with van der Waals surface area (Å²) < 4.78 is 28.0. The number of nitrogens with one attached hydrogen (secondary N) is 1. The predicted octanol–water partition coefficient (Wildman–Crippen LogP) is 0.0440. The topological polar surface area (TPSA) is 75.4 Å². The van der Waals surface area contributed by atoms with Crippen LogP contribution in [-0.4, -0.2) is 37.9 Å². The van der Waals surface area contributed by atoms with Crippen molar-refractivity contribution in [2.75, 3.05) is 19.6 Å². The van der Waals surface area contributed by atoms with Gasteiger partial charge in [0.25, 0.3) is 10.2 Å². The molecule has 0 bridgehead atoms. The van der Waals surface area contributed by atoms with Crippen LogP contribution >= 0.6 is 0 Å². The van der Waals surface area contributed by atoms with Gasteiger partial charge in [-0.1, -0.05) is 0 Å². The Hall–Kier alpha value is -0.170. The highest BCUT2D eigenvalue weighted by Gasteiger charge is 2.30. The van der Waals surface area contributed by atoms with E-state index in [9.17, 15) is 8.42 Å². The molecular weight excluding hydrogens is 214 g/mol. The summed E-state index contributed by atoms with van der Waals surface area (Å²) in [5.74, 6) is 0. The standard InChI is InChI=1S/C9H21N3O2S/c1-9(2,5-6-10)11-15(13,14)12-7-3-4-8-12/h11H,3-8,10H2,1-2H3. The van der Waals surface area contributed by atoms with E-state index in [1.807, 2.05) is 13.8 Å². The fraction of sp³-hybridized carbons (Fsp3) is 1.00. The van der Waals surface area contributed by atoms with Gasteiger partial charge in [0.15, 0.2) is 0 Å². The van der Waals surface area contributed by atoms with Crippen molar-refractivity contribution < 1.29 is 8.42 Å². The molecule has 0 saturated carbocycles. The van der Waals surface area contributed by atoms with Crippen molar-refractivity contribution in [3.05, 3.63) is 0 Å². The predicted molar refractivity (Wildman–Crippen MR) is 60.6 cm³/mol. The number of hydrogen-bond donors (Lipinski definition) is 2. The molecule has 6 heteroatoms. The van der Waals surface area contributed by atoms with Crippen molar-refractivity contribution in [3.63, 3.8) is 0 Å². The highest BCUT2D eigenvalue weighted by molar-refractivity contribution is 7.87. The molecule has 0 radical (unpaired) electrons. The van der Waals surface area contributed by atoms with Gasteiger partial charge >= 0.3 is 0 Å². The second-order valence-corrected chi connectivity index (χ2v) is 6.31. The fourth-order valence-electron chi connectivity index (χ4n) is 1.75. The molecule has 1 rings (SSSR count). The van der Waals surface area contributed by atoms with Crippen LogP contribution in [0.1, 0.15) is 33.1 Å². The van der Waals surface area contributed by atoms with Gasteiger partial charge in [0, 0.05) is 18.6 Å². The van der Waals surface area contributed by atoms with Crippen LogP contribution in [0.2, 0.25) is 0 Å². The molecule has 0 spiro atoms. The van der Waals surface area contributed by atoms with Gasteiger partial charge in [0.2, 0.25) is 0 Å². The van der Waals surface area contributed by atoms with E-state index in [-0.39, 0.29) is 0 Å². The van der Waals surface area contributed by atoms with Crippen LogP contribution in [0.4, 0.5) is 0 Å². The van der Waals surface area contributed by atoms with Crippen LogP contribution in [-0.2, 0) is 10.2 Å². The molecule has 1 heterocycles. The minimum Gasteiger partial charge on any atom is -0.330 e. The maximum atomic E-state index is 11.9. The Balaban J connectivity index is 2.62. The van der Waals surface area contributed by atoms with E-state index in [4.69, 9.17) is 5.73 Å². The summed E-state index contributed by atoms with van der Waals surface area (Å²) in [6, 6.07) is 0. The van der Waals surface area contributed by atoms with Crippen molar-refractivity contribution in [1.29, 1.82) is 0 Å². The van der Waals surface area contributed by atoms with Crippen molar-refractivity contribution in [1.82, 2.24) is 9.03 Å². The maximum Gasteiger partial charge on any atom is 0.279 e. The molecule has 15 heavy (non-hydrogen) atoms. The van der Waals surface area contributed by atoms with Crippen LogP contribution in [0.3, 0.4) is 0 Å². The van der Waals surface area contributed by atoms with Crippen molar-refractivity contribution in [2.45, 2.75) is 38.6 Å². The van der Waals surface area contributed by atoms with Gasteiger partial charge < -0.3 is 5.73 Å². The van der Waals surface area contributed by atoms with E-state index in [0.29, 0.717) is 26.1 Å². The van der Waals surface area contributed by atoms with E-state index in [2.05, 4.69) is 4.72 Å². The first-order chi connectivity index (χ1) is 6.87. The third-order valence-electron chi connectivity index (χ3n) is 2.58.